The van der Waals surface area contributed by atoms with Gasteiger partial charge in [-0.3, -0.25) is 29.9 Å². The van der Waals surface area contributed by atoms with E-state index in [0.29, 0.717) is 58.7 Å². The number of likely N-dealkylation sites (tertiary alicyclic amines) is 1. The number of hydrogen-bond acceptors (Lipinski definition) is 7. The van der Waals surface area contributed by atoms with Crippen LogP contribution < -0.4 is 21.8 Å². The number of anilines is 2. The lowest BCUT2D eigenvalue weighted by atomic mass is 9.95. The van der Waals surface area contributed by atoms with Gasteiger partial charge < -0.3 is 21.1 Å². The summed E-state index contributed by atoms with van der Waals surface area (Å²) in [5.74, 6) is -0.902. The molecule has 5 rings (SSSR count). The Morgan fingerprint density at radius 1 is 1.04 bits per heavy atom. The Hall–Kier alpha value is -5.00. The third-order valence-electron chi connectivity index (χ3n) is 8.19. The first-order valence-electron chi connectivity index (χ1n) is 15.1. The first-order chi connectivity index (χ1) is 22.1. The summed E-state index contributed by atoms with van der Waals surface area (Å²) in [7, 11) is 1.55. The second kappa shape index (κ2) is 14.4. The van der Waals surface area contributed by atoms with Gasteiger partial charge in [0.15, 0.2) is 0 Å². The first kappa shape index (κ1) is 32.4. The molecule has 0 unspecified atom stereocenters. The number of nitrogens with two attached hydrogens (primary N) is 2. The molecule has 0 radical (unpaired) electrons. The lowest BCUT2D eigenvalue weighted by molar-refractivity contribution is -0.123. The molecular formula is C35H39FN7O3+. The number of aryl methyl sites for hydroxylation is 2. The quantitative estimate of drug-likeness (QED) is 0.157. The second-order valence-electron chi connectivity index (χ2n) is 11.6. The van der Waals surface area contributed by atoms with Gasteiger partial charge in [-0.1, -0.05) is 12.1 Å². The molecule has 10 nitrogen and oxygen atoms in total. The highest BCUT2D eigenvalue weighted by molar-refractivity contribution is 6.13. The van der Waals surface area contributed by atoms with Crippen molar-refractivity contribution in [2.24, 2.45) is 0 Å². The van der Waals surface area contributed by atoms with Crippen molar-refractivity contribution in [2.75, 3.05) is 24.7 Å². The van der Waals surface area contributed by atoms with Gasteiger partial charge in [-0.2, -0.15) is 0 Å². The van der Waals surface area contributed by atoms with E-state index in [1.165, 1.54) is 6.07 Å². The number of pyridine rings is 2. The standard InChI is InChI=1S/C35H38FN7O3/c1-21-7-9-26(17-40-21)41-35(45)32-12-10-27(18-43(32)19-29-25(20-46-3)5-4-6-30(29)36)42-34(44)24-8-11-31(37)28(16-24)33(38)23-13-14-39-22(2)15-23/h4-9,11,13-17,27,32,38H,10,12,18-20,37H2,1-3H3,(H,41,45)(H,42,44)/p+1/t27-,32+/m1/s1. The average molecular weight is 625 g/mol. The van der Waals surface area contributed by atoms with Crippen LogP contribution in [0.5, 0.6) is 0 Å². The Balaban J connectivity index is 1.36. The number of methoxy groups -OCH3 is 1. The molecule has 11 heteroatoms. The van der Waals surface area contributed by atoms with Gasteiger partial charge in [0.25, 0.3) is 5.91 Å². The lowest BCUT2D eigenvalue weighted by Crippen LogP contribution is -2.55. The number of rotatable bonds is 10. The summed E-state index contributed by atoms with van der Waals surface area (Å²) < 4.78 is 20.5. The summed E-state index contributed by atoms with van der Waals surface area (Å²) in [4.78, 5) is 37.5. The summed E-state index contributed by atoms with van der Waals surface area (Å²) in [5, 5.41) is 12.5. The third-order valence-corrected chi connectivity index (χ3v) is 8.19. The van der Waals surface area contributed by atoms with Gasteiger partial charge in [-0.15, -0.1) is 0 Å². The van der Waals surface area contributed by atoms with Gasteiger partial charge in [0, 0.05) is 66.2 Å². The van der Waals surface area contributed by atoms with Crippen molar-refractivity contribution in [1.29, 1.82) is 0 Å². The number of nitrogen functional groups attached to an aromatic ring is 1. The van der Waals surface area contributed by atoms with E-state index in [1.807, 2.05) is 36.9 Å². The minimum absolute atomic E-state index is 0.158. The molecular weight excluding hydrogens is 585 g/mol. The summed E-state index contributed by atoms with van der Waals surface area (Å²) in [5.41, 5.74) is 12.2. The zero-order valence-electron chi connectivity index (χ0n) is 26.2. The average Bonchev–Trinajstić information content (AvgIpc) is 3.04. The molecule has 238 valence electrons. The second-order valence-corrected chi connectivity index (χ2v) is 11.6. The Morgan fingerprint density at radius 2 is 1.87 bits per heavy atom. The van der Waals surface area contributed by atoms with Crippen molar-refractivity contribution >= 4 is 28.9 Å². The van der Waals surface area contributed by atoms with Gasteiger partial charge in [0.05, 0.1) is 30.1 Å². The van der Waals surface area contributed by atoms with Crippen molar-refractivity contribution < 1.29 is 24.1 Å². The van der Waals surface area contributed by atoms with Crippen molar-refractivity contribution in [1.82, 2.24) is 20.2 Å². The summed E-state index contributed by atoms with van der Waals surface area (Å²) in [6.07, 6.45) is 4.27. The molecule has 46 heavy (non-hydrogen) atoms. The van der Waals surface area contributed by atoms with Crippen LogP contribution in [0, 0.1) is 19.7 Å². The van der Waals surface area contributed by atoms with Crippen molar-refractivity contribution in [3.05, 3.63) is 118 Å². The van der Waals surface area contributed by atoms with Crippen LogP contribution in [0.25, 0.3) is 0 Å². The van der Waals surface area contributed by atoms with E-state index in [2.05, 4.69) is 20.6 Å². The zero-order valence-corrected chi connectivity index (χ0v) is 26.2. The number of piperidine rings is 1. The highest BCUT2D eigenvalue weighted by Crippen LogP contribution is 2.26. The van der Waals surface area contributed by atoms with E-state index >= 15 is 4.39 Å². The Morgan fingerprint density at radius 3 is 2.61 bits per heavy atom. The Kier molecular flexibility index (Phi) is 10.1. The van der Waals surface area contributed by atoms with Gasteiger partial charge in [0.1, 0.15) is 5.82 Å². The highest BCUT2D eigenvalue weighted by atomic mass is 19.1. The van der Waals surface area contributed by atoms with E-state index in [9.17, 15) is 9.59 Å². The van der Waals surface area contributed by atoms with Crippen molar-refractivity contribution in [2.45, 2.75) is 51.9 Å². The fraction of sp³-hybridized carbons (Fsp3) is 0.286. The number of hydrogen-bond donors (Lipinski definition) is 4. The summed E-state index contributed by atoms with van der Waals surface area (Å²) in [6, 6.07) is 16.2. The lowest BCUT2D eigenvalue weighted by Gasteiger charge is -2.39. The van der Waals surface area contributed by atoms with Crippen molar-refractivity contribution in [3.63, 3.8) is 0 Å². The molecule has 3 heterocycles. The normalized spacial score (nSPS) is 16.5. The van der Waals surface area contributed by atoms with E-state index < -0.39 is 6.04 Å². The van der Waals surface area contributed by atoms with Gasteiger partial charge in [-0.05, 0) is 80.8 Å². The number of carbonyl (C=O) groups is 2. The summed E-state index contributed by atoms with van der Waals surface area (Å²) in [6.45, 7) is 4.45. The molecule has 0 spiro atoms. The maximum absolute atomic E-state index is 15.2. The number of amides is 2. The highest BCUT2D eigenvalue weighted by Gasteiger charge is 2.35. The maximum Gasteiger partial charge on any atom is 0.251 e. The maximum atomic E-state index is 15.2. The van der Waals surface area contributed by atoms with E-state index in [0.717, 1.165) is 17.0 Å². The molecule has 2 aromatic heterocycles. The molecule has 1 fully saturated rings. The monoisotopic (exact) mass is 624 g/mol. The van der Waals surface area contributed by atoms with E-state index in [4.69, 9.17) is 15.9 Å². The SMILES string of the molecule is COCc1cccc(F)c1CN1C[C@H](NC(=O)c2ccc(N)c(C(=[NH2+])c3ccnc(C)c3)c2)CC[C@H]1C(=O)Nc1ccc(C)nc1. The van der Waals surface area contributed by atoms with Gasteiger partial charge >= 0.3 is 0 Å². The van der Waals surface area contributed by atoms with Crippen LogP contribution in [0.15, 0.2) is 73.1 Å². The molecule has 2 aromatic carbocycles. The minimum atomic E-state index is -0.564. The number of carbonyl (C=O) groups excluding carboxylic acids is 2. The number of nitrogens with zero attached hydrogens (tertiary/aromatic N) is 3. The van der Waals surface area contributed by atoms with Crippen LogP contribution >= 0.6 is 0 Å². The molecule has 2 amide bonds. The van der Waals surface area contributed by atoms with E-state index in [1.54, 1.807) is 55.9 Å². The van der Waals surface area contributed by atoms with E-state index in [-0.39, 0.29) is 36.8 Å². The molecule has 1 aliphatic heterocycles. The predicted molar refractivity (Wildman–Crippen MR) is 174 cm³/mol. The fourth-order valence-electron chi connectivity index (χ4n) is 5.74. The van der Waals surface area contributed by atoms with Crippen LogP contribution in [-0.2, 0) is 22.7 Å². The largest absolute Gasteiger partial charge is 0.398 e. The molecule has 0 bridgehead atoms. The van der Waals surface area contributed by atoms with Crippen LogP contribution in [0.3, 0.4) is 0 Å². The topological polar surface area (TPSA) is 148 Å². The zero-order chi connectivity index (χ0) is 32.8. The number of aromatic nitrogens is 2. The molecule has 1 saturated heterocycles. The minimum Gasteiger partial charge on any atom is -0.398 e. The van der Waals surface area contributed by atoms with Gasteiger partial charge in [-0.25, -0.2) is 4.39 Å². The Labute approximate surface area is 267 Å². The van der Waals surface area contributed by atoms with Crippen LogP contribution in [0.1, 0.15) is 56.8 Å². The Bertz CT molecular complexity index is 1740. The van der Waals surface area contributed by atoms with Crippen LogP contribution in [-0.4, -0.2) is 58.1 Å². The fourth-order valence-corrected chi connectivity index (χ4v) is 5.74. The van der Waals surface area contributed by atoms with Crippen LogP contribution in [0.2, 0.25) is 0 Å². The number of halogens is 1. The molecule has 4 aromatic rings. The molecule has 0 saturated carbocycles. The first-order valence-corrected chi connectivity index (χ1v) is 15.1. The molecule has 0 aliphatic carbocycles. The number of nitrogens with one attached hydrogen (secondary N) is 2. The summed E-state index contributed by atoms with van der Waals surface area (Å²) >= 11 is 0. The molecule has 2 atom stereocenters. The molecule has 1 aliphatic rings. The van der Waals surface area contributed by atoms with Gasteiger partial charge in [0.2, 0.25) is 11.6 Å². The smallest absolute Gasteiger partial charge is 0.251 e. The van der Waals surface area contributed by atoms with Crippen LogP contribution in [0.4, 0.5) is 15.8 Å². The predicted octanol–water partition coefficient (Wildman–Crippen LogP) is 2.96. The third kappa shape index (κ3) is 7.61. The number of benzene rings is 2. The van der Waals surface area contributed by atoms with Crippen molar-refractivity contribution in [3.8, 4) is 0 Å². The molecule has 6 N–H and O–H groups in total. The number of ether oxygens (including phenoxy) is 1.